The van der Waals surface area contributed by atoms with Gasteiger partial charge >= 0.3 is 5.97 Å². The number of amides is 1. The van der Waals surface area contributed by atoms with Crippen LogP contribution in [0.4, 0.5) is 45.5 Å². The number of hydrogen-bond acceptors (Lipinski definition) is 11. The first-order valence-electron chi connectivity index (χ1n) is 30.8. The summed E-state index contributed by atoms with van der Waals surface area (Å²) in [6.45, 7) is 22.7. The van der Waals surface area contributed by atoms with Crippen LogP contribution < -0.4 is 44.4 Å². The number of carbonyl (C=O) groups is 2. The highest BCUT2D eigenvalue weighted by molar-refractivity contribution is 6.11. The molecule has 12 rings (SSSR count). The van der Waals surface area contributed by atoms with E-state index in [0.717, 1.165) is 87.9 Å². The molecule has 7 aromatic carbocycles. The zero-order valence-electron chi connectivity index (χ0n) is 51.5. The first kappa shape index (κ1) is 60.4. The molecule has 446 valence electrons. The van der Waals surface area contributed by atoms with E-state index in [2.05, 4.69) is 182 Å². The third-order valence-corrected chi connectivity index (χ3v) is 18.0. The Morgan fingerprint density at radius 2 is 1.08 bits per heavy atom. The van der Waals surface area contributed by atoms with Gasteiger partial charge in [0.15, 0.2) is 13.1 Å². The molecule has 2 fully saturated rings. The predicted octanol–water partition coefficient (Wildman–Crippen LogP) is 14.0. The molecule has 0 bridgehead atoms. The summed E-state index contributed by atoms with van der Waals surface area (Å²) in [6, 6.07) is 47.6. The minimum Gasteiger partial charge on any atom is -1.00 e. The number of fused-ring (bicyclic) bond motifs is 3. The number of para-hydroxylation sites is 2. The molecule has 1 aliphatic carbocycles. The number of halogens is 1. The molecule has 4 aliphatic heterocycles. The summed E-state index contributed by atoms with van der Waals surface area (Å²) in [7, 11) is 0. The predicted molar refractivity (Wildman–Crippen MR) is 351 cm³/mol. The summed E-state index contributed by atoms with van der Waals surface area (Å²) in [6.07, 6.45) is 13.3. The Hall–Kier alpha value is -8.24. The second-order valence-electron chi connectivity index (χ2n) is 24.8. The second kappa shape index (κ2) is 25.2. The monoisotopic (exact) mass is 1270 g/mol. The van der Waals surface area contributed by atoms with E-state index in [9.17, 15) is 9.59 Å². The quantitative estimate of drug-likeness (QED) is 0.0480. The standard InChI is InChI=1S/C73H79N10O3.HI/c1-9-82-63-27-15-13-24-56(63)71(3,4)65(82)39-31-50-19-17-20-51(32-40-66-72(5,6)57-25-14-16-28-64(57)83(66)10-2)70(50)81-46-44-80(45-47-81)67(84)41-42-68(85)86-48-43-49-29-33-52(34-30-49)76-77-58-35-36-59(54-22-12-11-21-53(54)58)78-79-60-37-38-62-69-55(60)23-18-26-61(69)74-73(7,8)75-62;/h11-16,18,21-40,74-75H,9-10,17,19-20,41-48H2,1-8H3;1H/q+1;/p-1. The molecule has 0 unspecified atom stereocenters. The molecule has 1 saturated carbocycles. The fraction of sp³-hybridized carbons (Fsp3) is 0.329. The lowest BCUT2D eigenvalue weighted by molar-refractivity contribution is -0.537. The fourth-order valence-corrected chi connectivity index (χ4v) is 13.6. The Labute approximate surface area is 529 Å². The lowest BCUT2D eigenvalue weighted by Crippen LogP contribution is -3.00. The topological polar surface area (TPSA) is 130 Å². The maximum Gasteiger partial charge on any atom is 0.306 e. The summed E-state index contributed by atoms with van der Waals surface area (Å²) < 4.78 is 8.19. The molecule has 0 radical (unpaired) electrons. The van der Waals surface area contributed by atoms with E-state index in [4.69, 9.17) is 15.0 Å². The van der Waals surface area contributed by atoms with Crippen molar-refractivity contribution < 1.29 is 42.9 Å². The summed E-state index contributed by atoms with van der Waals surface area (Å²) in [4.78, 5) is 33.7. The van der Waals surface area contributed by atoms with Crippen LogP contribution in [0.1, 0.15) is 104 Å². The number of allylic oxidation sites excluding steroid dienone is 8. The number of piperazine rings is 1. The molecule has 5 aliphatic rings. The lowest BCUT2D eigenvalue weighted by Gasteiger charge is -2.36. The zero-order valence-corrected chi connectivity index (χ0v) is 53.6. The SMILES string of the molecule is CCN1/C(=C\C=C2/CCC/C(=C\C=C3\N(CC)c4ccccc4C3(C)C)C2=[N+]2CCN(C(=O)CCC(=O)OCCc3ccc(N=Nc4ccc(N=Nc5ccc6c7c(cccc57)NC(C)(C)N6)c5ccccc45)cc3)CC2)C(C)(C)c2ccccc21.[I-]. The normalized spacial score (nSPS) is 19.3. The van der Waals surface area contributed by atoms with Crippen molar-refractivity contribution in [3.63, 3.8) is 0 Å². The van der Waals surface area contributed by atoms with Crippen LogP contribution in [0, 0.1) is 0 Å². The Balaban J connectivity index is 0.00000784. The van der Waals surface area contributed by atoms with Crippen LogP contribution >= 0.6 is 0 Å². The zero-order chi connectivity index (χ0) is 59.7. The largest absolute Gasteiger partial charge is 1.00 e. The number of nitrogens with one attached hydrogen (secondary N) is 2. The first-order valence-corrected chi connectivity index (χ1v) is 30.8. The lowest BCUT2D eigenvalue weighted by atomic mass is 9.82. The van der Waals surface area contributed by atoms with E-state index in [1.165, 1.54) is 50.8 Å². The average Bonchev–Trinajstić information content (AvgIpc) is 1.85. The average molecular weight is 1270 g/mol. The number of ether oxygens (including phenoxy) is 1. The van der Waals surface area contributed by atoms with Crippen molar-refractivity contribution in [2.24, 2.45) is 20.5 Å². The Bertz CT molecular complexity index is 3910. The van der Waals surface area contributed by atoms with Gasteiger partial charge in [-0.25, -0.2) is 4.58 Å². The molecule has 0 atom stereocenters. The number of nitrogens with zero attached hydrogens (tertiary/aromatic N) is 8. The maximum absolute atomic E-state index is 13.8. The molecule has 7 aromatic rings. The van der Waals surface area contributed by atoms with Gasteiger partial charge < -0.3 is 54.0 Å². The van der Waals surface area contributed by atoms with E-state index >= 15 is 0 Å². The minimum absolute atomic E-state index is 0. The molecule has 13 nitrogen and oxygen atoms in total. The number of azo groups is 2. The van der Waals surface area contributed by atoms with Crippen molar-refractivity contribution in [2.75, 3.05) is 66.3 Å². The molecular weight excluding hydrogens is 1190 g/mol. The van der Waals surface area contributed by atoms with Crippen LogP contribution in [-0.4, -0.2) is 78.6 Å². The van der Waals surface area contributed by atoms with E-state index in [0.29, 0.717) is 38.3 Å². The highest BCUT2D eigenvalue weighted by Gasteiger charge is 2.41. The van der Waals surface area contributed by atoms with Gasteiger partial charge in [-0.15, -0.1) is 15.3 Å². The number of carbonyl (C=O) groups excluding carboxylic acids is 2. The minimum atomic E-state index is -0.367. The molecule has 87 heavy (non-hydrogen) atoms. The van der Waals surface area contributed by atoms with Crippen molar-refractivity contribution >= 4 is 84.6 Å². The van der Waals surface area contributed by atoms with Gasteiger partial charge in [-0.2, -0.15) is 5.11 Å². The van der Waals surface area contributed by atoms with E-state index in [1.54, 1.807) is 0 Å². The van der Waals surface area contributed by atoms with Gasteiger partial charge in [-0.05, 0) is 130 Å². The Kier molecular flexibility index (Phi) is 17.5. The highest BCUT2D eigenvalue weighted by atomic mass is 127. The molecule has 4 heterocycles. The van der Waals surface area contributed by atoms with Gasteiger partial charge in [0.05, 0.1) is 48.9 Å². The highest BCUT2D eigenvalue weighted by Crippen LogP contribution is 2.50. The third kappa shape index (κ3) is 12.1. The van der Waals surface area contributed by atoms with Gasteiger partial charge in [0.25, 0.3) is 0 Å². The number of likely N-dealkylation sites (N-methyl/N-ethyl adjacent to an activating group) is 2. The molecule has 0 spiro atoms. The number of hydrogen-bond donors (Lipinski definition) is 2. The summed E-state index contributed by atoms with van der Waals surface area (Å²) >= 11 is 0. The summed E-state index contributed by atoms with van der Waals surface area (Å²) in [5.41, 5.74) is 17.5. The van der Waals surface area contributed by atoms with Gasteiger partial charge in [-0.1, -0.05) is 125 Å². The van der Waals surface area contributed by atoms with Gasteiger partial charge in [0.1, 0.15) is 5.66 Å². The van der Waals surface area contributed by atoms with Crippen LogP contribution in [0.2, 0.25) is 0 Å². The molecule has 1 amide bonds. The van der Waals surface area contributed by atoms with Gasteiger partial charge in [0, 0.05) is 104 Å². The number of benzene rings is 7. The summed E-state index contributed by atoms with van der Waals surface area (Å²) in [5, 5.41) is 29.9. The van der Waals surface area contributed by atoms with Crippen LogP contribution in [0.15, 0.2) is 207 Å². The first-order chi connectivity index (χ1) is 41.6. The Morgan fingerprint density at radius 3 is 1.66 bits per heavy atom. The van der Waals surface area contributed by atoms with Crippen molar-refractivity contribution in [3.8, 4) is 0 Å². The summed E-state index contributed by atoms with van der Waals surface area (Å²) in [5.74, 6) is -0.380. The third-order valence-electron chi connectivity index (χ3n) is 18.0. The fourth-order valence-electron chi connectivity index (χ4n) is 13.6. The van der Waals surface area contributed by atoms with E-state index in [1.807, 2.05) is 77.7 Å². The van der Waals surface area contributed by atoms with Gasteiger partial charge in [-0.3, -0.25) is 9.59 Å². The second-order valence-corrected chi connectivity index (χ2v) is 24.8. The van der Waals surface area contributed by atoms with E-state index in [-0.39, 0.29) is 71.8 Å². The van der Waals surface area contributed by atoms with Crippen LogP contribution in [0.25, 0.3) is 21.5 Å². The molecular formula is C73H79IN10O3. The van der Waals surface area contributed by atoms with Crippen molar-refractivity contribution in [3.05, 3.63) is 203 Å². The smallest absolute Gasteiger partial charge is 0.306 e. The van der Waals surface area contributed by atoms with E-state index < -0.39 is 0 Å². The molecule has 1 saturated heterocycles. The molecule has 0 aromatic heterocycles. The van der Waals surface area contributed by atoms with Crippen LogP contribution in [0.5, 0.6) is 0 Å². The maximum atomic E-state index is 13.8. The molecule has 2 N–H and O–H groups in total. The molecule has 14 heteroatoms. The van der Waals surface area contributed by atoms with Crippen molar-refractivity contribution in [1.82, 2.24) is 4.90 Å². The van der Waals surface area contributed by atoms with Crippen LogP contribution in [0.3, 0.4) is 0 Å². The number of esters is 1. The van der Waals surface area contributed by atoms with Crippen molar-refractivity contribution in [1.29, 1.82) is 0 Å². The number of anilines is 4. The van der Waals surface area contributed by atoms with Crippen molar-refractivity contribution in [2.45, 2.75) is 110 Å². The van der Waals surface area contributed by atoms with Gasteiger partial charge in [0.2, 0.25) is 11.6 Å². The Morgan fingerprint density at radius 1 is 0.575 bits per heavy atom. The number of rotatable bonds is 14. The van der Waals surface area contributed by atoms with Crippen LogP contribution in [-0.2, 0) is 31.6 Å².